The Hall–Kier alpha value is -3.83. The summed E-state index contributed by atoms with van der Waals surface area (Å²) in [5, 5.41) is 12.5. The summed E-state index contributed by atoms with van der Waals surface area (Å²) < 4.78 is 34.1. The van der Waals surface area contributed by atoms with Crippen molar-refractivity contribution >= 4 is 27.8 Å². The van der Waals surface area contributed by atoms with Crippen LogP contribution in [0, 0.1) is 12.3 Å². The number of aryl methyl sites for hydroxylation is 1. The summed E-state index contributed by atoms with van der Waals surface area (Å²) in [6.45, 7) is 6.65. The highest BCUT2D eigenvalue weighted by molar-refractivity contribution is 7.90. The Kier molecular flexibility index (Phi) is 10.3. The van der Waals surface area contributed by atoms with E-state index < -0.39 is 10.0 Å². The molecule has 2 saturated heterocycles. The number of rotatable bonds is 10. The average Bonchev–Trinajstić information content (AvgIpc) is 3.50. The van der Waals surface area contributed by atoms with Gasteiger partial charge in [0.15, 0.2) is 0 Å². The van der Waals surface area contributed by atoms with E-state index >= 15 is 0 Å². The summed E-state index contributed by atoms with van der Waals surface area (Å²) in [7, 11) is -2.20. The van der Waals surface area contributed by atoms with Gasteiger partial charge in [-0.2, -0.15) is 0 Å². The Labute approximate surface area is 261 Å². The second kappa shape index (κ2) is 14.3. The molecule has 2 aliphatic heterocycles. The van der Waals surface area contributed by atoms with Crippen LogP contribution in [-0.4, -0.2) is 91.4 Å². The number of anilines is 1. The van der Waals surface area contributed by atoms with Gasteiger partial charge in [-0.3, -0.25) is 5.41 Å². The van der Waals surface area contributed by atoms with Gasteiger partial charge in [-0.1, -0.05) is 54.4 Å². The number of hydrogen-bond donors (Lipinski definition) is 2. The Morgan fingerprint density at radius 3 is 2.43 bits per heavy atom. The van der Waals surface area contributed by atoms with Crippen LogP contribution in [0.4, 0.5) is 10.6 Å². The predicted octanol–water partition coefficient (Wildman–Crippen LogP) is 4.99. The highest BCUT2D eigenvalue weighted by Crippen LogP contribution is 2.27. The highest BCUT2D eigenvalue weighted by atomic mass is 32.2. The SMILES string of the molecule is CNc1c(C(=N)N(CCN2CCCCC2)C2CCCN(C(=O)OCc3ccccc3)C2)ccn1S(=O)(=O)c1ccc(C)cc1. The molecule has 2 fully saturated rings. The number of carbonyl (C=O) groups is 1. The number of likely N-dealkylation sites (tertiary alicyclic amines) is 2. The number of benzene rings is 2. The second-order valence-corrected chi connectivity index (χ2v) is 13.5. The van der Waals surface area contributed by atoms with E-state index in [4.69, 9.17) is 4.74 Å². The lowest BCUT2D eigenvalue weighted by Crippen LogP contribution is -2.53. The van der Waals surface area contributed by atoms with E-state index in [1.165, 1.54) is 29.4 Å². The van der Waals surface area contributed by atoms with Crippen LogP contribution in [0.5, 0.6) is 0 Å². The molecule has 2 aromatic carbocycles. The van der Waals surface area contributed by atoms with Crippen molar-refractivity contribution in [3.05, 3.63) is 83.6 Å². The zero-order valence-corrected chi connectivity index (χ0v) is 26.6. The van der Waals surface area contributed by atoms with E-state index in [1.807, 2.05) is 37.3 Å². The minimum absolute atomic E-state index is 0.105. The van der Waals surface area contributed by atoms with Crippen LogP contribution in [0.25, 0.3) is 0 Å². The number of aromatic nitrogens is 1. The molecule has 11 heteroatoms. The average molecular weight is 621 g/mol. The summed E-state index contributed by atoms with van der Waals surface area (Å²) in [5.74, 6) is 0.585. The van der Waals surface area contributed by atoms with Crippen LogP contribution in [0.2, 0.25) is 0 Å². The molecule has 10 nitrogen and oxygen atoms in total. The van der Waals surface area contributed by atoms with Crippen molar-refractivity contribution in [2.45, 2.75) is 56.6 Å². The van der Waals surface area contributed by atoms with Gasteiger partial charge in [-0.25, -0.2) is 17.2 Å². The molecule has 2 aliphatic rings. The summed E-state index contributed by atoms with van der Waals surface area (Å²) in [6.07, 6.45) is 6.36. The van der Waals surface area contributed by atoms with Gasteiger partial charge in [0, 0.05) is 45.5 Å². The van der Waals surface area contributed by atoms with Gasteiger partial charge in [-0.05, 0) is 69.5 Å². The van der Waals surface area contributed by atoms with Crippen LogP contribution in [0.3, 0.4) is 0 Å². The zero-order valence-electron chi connectivity index (χ0n) is 25.7. The molecule has 1 atom stereocenters. The summed E-state index contributed by atoms with van der Waals surface area (Å²) in [4.78, 5) is 19.5. The lowest BCUT2D eigenvalue weighted by molar-refractivity contribution is 0.0717. The second-order valence-electron chi connectivity index (χ2n) is 11.7. The molecule has 3 heterocycles. The Morgan fingerprint density at radius 1 is 1.00 bits per heavy atom. The number of hydrogen-bond acceptors (Lipinski definition) is 7. The molecule has 0 aliphatic carbocycles. The van der Waals surface area contributed by atoms with Crippen LogP contribution in [-0.2, 0) is 21.4 Å². The van der Waals surface area contributed by atoms with E-state index in [0.717, 1.165) is 43.6 Å². The standard InChI is InChI=1S/C33H44N6O4S/c1-26-13-15-29(16-14-26)44(41,42)39-21-17-30(32(39)35-2)31(34)38(23-22-36-18-7-4-8-19-36)28-12-9-20-37(24-28)33(40)43-25-27-10-5-3-6-11-27/h3,5-6,10-11,13-17,21,28,34-35H,4,7-9,12,18-20,22-25H2,1-2H3. The first-order valence-electron chi connectivity index (χ1n) is 15.5. The molecule has 1 aromatic heterocycles. The molecule has 1 unspecified atom stereocenters. The van der Waals surface area contributed by atoms with E-state index in [1.54, 1.807) is 42.3 Å². The number of piperidine rings is 2. The van der Waals surface area contributed by atoms with E-state index in [0.29, 0.717) is 31.0 Å². The van der Waals surface area contributed by atoms with Gasteiger partial charge in [0.25, 0.3) is 10.0 Å². The number of nitrogens with zero attached hydrogens (tertiary/aromatic N) is 4. The van der Waals surface area contributed by atoms with Crippen molar-refractivity contribution in [3.63, 3.8) is 0 Å². The van der Waals surface area contributed by atoms with Crippen LogP contribution >= 0.6 is 0 Å². The number of carbonyl (C=O) groups excluding carboxylic acids is 1. The van der Waals surface area contributed by atoms with Gasteiger partial charge in [0.2, 0.25) is 0 Å². The topological polar surface area (TPSA) is 111 Å². The molecule has 2 N–H and O–H groups in total. The molecule has 0 radical (unpaired) electrons. The van der Waals surface area contributed by atoms with Crippen molar-refractivity contribution in [2.24, 2.45) is 0 Å². The normalized spacial score (nSPS) is 17.7. The maximum atomic E-state index is 13.6. The lowest BCUT2D eigenvalue weighted by Gasteiger charge is -2.41. The molecular formula is C33H44N6O4S. The Bertz CT molecular complexity index is 1520. The third-order valence-electron chi connectivity index (χ3n) is 8.62. The molecule has 0 bridgehead atoms. The quantitative estimate of drug-likeness (QED) is 0.243. The molecule has 44 heavy (non-hydrogen) atoms. The zero-order chi connectivity index (χ0) is 31.1. The fourth-order valence-corrected chi connectivity index (χ4v) is 7.48. The first-order valence-corrected chi connectivity index (χ1v) is 17.0. The maximum absolute atomic E-state index is 13.6. The molecule has 0 spiro atoms. The fourth-order valence-electron chi connectivity index (χ4n) is 6.12. The smallest absolute Gasteiger partial charge is 0.410 e. The van der Waals surface area contributed by atoms with Crippen molar-refractivity contribution in [1.29, 1.82) is 5.41 Å². The van der Waals surface area contributed by atoms with E-state index in [9.17, 15) is 18.6 Å². The molecular weight excluding hydrogens is 576 g/mol. The monoisotopic (exact) mass is 620 g/mol. The summed E-state index contributed by atoms with van der Waals surface area (Å²) in [6, 6.07) is 18.0. The Balaban J connectivity index is 1.37. The van der Waals surface area contributed by atoms with Crippen LogP contribution < -0.4 is 5.32 Å². The lowest BCUT2D eigenvalue weighted by atomic mass is 10.0. The predicted molar refractivity (Wildman–Crippen MR) is 173 cm³/mol. The van der Waals surface area contributed by atoms with Gasteiger partial charge >= 0.3 is 6.09 Å². The first-order chi connectivity index (χ1) is 21.3. The van der Waals surface area contributed by atoms with E-state index in [2.05, 4.69) is 15.1 Å². The van der Waals surface area contributed by atoms with Crippen molar-refractivity contribution in [2.75, 3.05) is 51.6 Å². The number of nitrogens with one attached hydrogen (secondary N) is 2. The fraction of sp³-hybridized carbons (Fsp3) is 0.455. The maximum Gasteiger partial charge on any atom is 0.410 e. The molecule has 0 saturated carbocycles. The number of ether oxygens (including phenoxy) is 1. The summed E-state index contributed by atoms with van der Waals surface area (Å²) in [5.41, 5.74) is 2.41. The van der Waals surface area contributed by atoms with Gasteiger partial charge < -0.3 is 24.8 Å². The largest absolute Gasteiger partial charge is 0.445 e. The molecule has 3 aromatic rings. The van der Waals surface area contributed by atoms with Crippen molar-refractivity contribution in [1.82, 2.24) is 18.7 Å². The van der Waals surface area contributed by atoms with Gasteiger partial charge in [0.1, 0.15) is 18.3 Å². The van der Waals surface area contributed by atoms with E-state index in [-0.39, 0.29) is 29.5 Å². The minimum atomic E-state index is -3.88. The molecule has 5 rings (SSSR count). The van der Waals surface area contributed by atoms with Crippen LogP contribution in [0.15, 0.2) is 71.8 Å². The third-order valence-corrected chi connectivity index (χ3v) is 10.3. The number of amides is 1. The minimum Gasteiger partial charge on any atom is -0.445 e. The first kappa shape index (κ1) is 31.6. The highest BCUT2D eigenvalue weighted by Gasteiger charge is 2.33. The van der Waals surface area contributed by atoms with Gasteiger partial charge in [0.05, 0.1) is 10.5 Å². The van der Waals surface area contributed by atoms with Crippen molar-refractivity contribution in [3.8, 4) is 0 Å². The molecule has 236 valence electrons. The number of amidine groups is 1. The summed E-state index contributed by atoms with van der Waals surface area (Å²) >= 11 is 0. The van der Waals surface area contributed by atoms with Crippen LogP contribution in [0.1, 0.15) is 48.8 Å². The third kappa shape index (κ3) is 7.27. The van der Waals surface area contributed by atoms with Gasteiger partial charge in [-0.15, -0.1) is 0 Å². The van der Waals surface area contributed by atoms with Crippen molar-refractivity contribution < 1.29 is 17.9 Å². The molecule has 1 amide bonds. The Morgan fingerprint density at radius 2 is 1.73 bits per heavy atom.